The molecule has 2 atom stereocenters. The largest absolute Gasteiger partial charge is 0.481 e. The van der Waals surface area contributed by atoms with Gasteiger partial charge in [0.1, 0.15) is 0 Å². The SMILES string of the molecule is O=C(O)CC1CC(c2ccc(C(F)(F)F)cc2)CCO1. The molecule has 1 saturated heterocycles. The molecule has 1 aliphatic rings. The van der Waals surface area contributed by atoms with Crippen molar-refractivity contribution in [1.82, 2.24) is 0 Å². The molecular formula is C14H15F3O3. The van der Waals surface area contributed by atoms with Crippen molar-refractivity contribution in [2.24, 2.45) is 0 Å². The summed E-state index contributed by atoms with van der Waals surface area (Å²) in [6, 6.07) is 5.07. The second-order valence-electron chi connectivity index (χ2n) is 4.93. The molecule has 0 bridgehead atoms. The molecule has 110 valence electrons. The summed E-state index contributed by atoms with van der Waals surface area (Å²) < 4.78 is 42.8. The van der Waals surface area contributed by atoms with Gasteiger partial charge in [0.2, 0.25) is 0 Å². The maximum absolute atomic E-state index is 12.5. The lowest BCUT2D eigenvalue weighted by Crippen LogP contribution is -2.26. The van der Waals surface area contributed by atoms with Crippen LogP contribution in [0.4, 0.5) is 13.2 Å². The van der Waals surface area contributed by atoms with Crippen LogP contribution in [0, 0.1) is 0 Å². The zero-order valence-electron chi connectivity index (χ0n) is 10.7. The maximum Gasteiger partial charge on any atom is 0.416 e. The number of carbonyl (C=O) groups is 1. The Labute approximate surface area is 114 Å². The van der Waals surface area contributed by atoms with Gasteiger partial charge in [-0.15, -0.1) is 0 Å². The number of ether oxygens (including phenoxy) is 1. The first-order valence-electron chi connectivity index (χ1n) is 6.37. The summed E-state index contributed by atoms with van der Waals surface area (Å²) in [4.78, 5) is 10.7. The summed E-state index contributed by atoms with van der Waals surface area (Å²) in [5.74, 6) is -0.876. The number of hydrogen-bond donors (Lipinski definition) is 1. The van der Waals surface area contributed by atoms with Crippen molar-refractivity contribution in [3.63, 3.8) is 0 Å². The average molecular weight is 288 g/mol. The molecule has 0 aromatic heterocycles. The summed E-state index contributed by atoms with van der Waals surface area (Å²) in [6.07, 6.45) is -3.55. The predicted molar refractivity (Wildman–Crippen MR) is 65.4 cm³/mol. The molecule has 2 rings (SSSR count). The molecule has 1 heterocycles. The van der Waals surface area contributed by atoms with Crippen LogP contribution in [-0.4, -0.2) is 23.8 Å². The highest BCUT2D eigenvalue weighted by Crippen LogP contribution is 2.34. The topological polar surface area (TPSA) is 46.5 Å². The van der Waals surface area contributed by atoms with E-state index in [0.29, 0.717) is 19.4 Å². The van der Waals surface area contributed by atoms with Gasteiger partial charge >= 0.3 is 12.1 Å². The molecule has 6 heteroatoms. The first kappa shape index (κ1) is 14.8. The van der Waals surface area contributed by atoms with E-state index in [4.69, 9.17) is 9.84 Å². The molecule has 2 unspecified atom stereocenters. The van der Waals surface area contributed by atoms with Gasteiger partial charge in [-0.1, -0.05) is 12.1 Å². The van der Waals surface area contributed by atoms with Crippen LogP contribution in [0.15, 0.2) is 24.3 Å². The molecule has 0 amide bonds. The molecule has 1 aromatic carbocycles. The van der Waals surface area contributed by atoms with Gasteiger partial charge in [-0.3, -0.25) is 4.79 Å². The van der Waals surface area contributed by atoms with Crippen LogP contribution < -0.4 is 0 Å². The highest BCUT2D eigenvalue weighted by Gasteiger charge is 2.31. The van der Waals surface area contributed by atoms with E-state index in [1.165, 1.54) is 12.1 Å². The second-order valence-corrected chi connectivity index (χ2v) is 4.93. The Morgan fingerprint density at radius 3 is 2.50 bits per heavy atom. The smallest absolute Gasteiger partial charge is 0.416 e. The monoisotopic (exact) mass is 288 g/mol. The van der Waals surface area contributed by atoms with Crippen LogP contribution in [0.3, 0.4) is 0 Å². The second kappa shape index (κ2) is 5.83. The summed E-state index contributed by atoms with van der Waals surface area (Å²) in [7, 11) is 0. The normalized spacial score (nSPS) is 23.6. The van der Waals surface area contributed by atoms with Gasteiger partial charge in [0.25, 0.3) is 0 Å². The highest BCUT2D eigenvalue weighted by molar-refractivity contribution is 5.67. The number of benzene rings is 1. The van der Waals surface area contributed by atoms with E-state index < -0.39 is 17.7 Å². The lowest BCUT2D eigenvalue weighted by atomic mass is 9.87. The Bertz CT molecular complexity index is 468. The third-order valence-electron chi connectivity index (χ3n) is 3.48. The number of rotatable bonds is 3. The molecule has 0 saturated carbocycles. The van der Waals surface area contributed by atoms with Crippen molar-refractivity contribution in [3.05, 3.63) is 35.4 Å². The molecule has 0 aliphatic carbocycles. The fourth-order valence-corrected chi connectivity index (χ4v) is 2.46. The Balaban J connectivity index is 2.05. The van der Waals surface area contributed by atoms with Crippen molar-refractivity contribution in [2.45, 2.75) is 37.5 Å². The third-order valence-corrected chi connectivity index (χ3v) is 3.48. The van der Waals surface area contributed by atoms with Gasteiger partial charge < -0.3 is 9.84 Å². The van der Waals surface area contributed by atoms with Gasteiger partial charge in [-0.25, -0.2) is 0 Å². The van der Waals surface area contributed by atoms with E-state index in [0.717, 1.165) is 17.7 Å². The quantitative estimate of drug-likeness (QED) is 0.926. The highest BCUT2D eigenvalue weighted by atomic mass is 19.4. The Kier molecular flexibility index (Phi) is 4.32. The van der Waals surface area contributed by atoms with Gasteiger partial charge in [0.15, 0.2) is 0 Å². The first-order chi connectivity index (χ1) is 9.36. The van der Waals surface area contributed by atoms with E-state index >= 15 is 0 Å². The van der Waals surface area contributed by atoms with Crippen LogP contribution in [0.2, 0.25) is 0 Å². The predicted octanol–water partition coefficient (Wildman–Crippen LogP) is 3.44. The number of halogens is 3. The van der Waals surface area contributed by atoms with Crippen molar-refractivity contribution < 1.29 is 27.8 Å². The van der Waals surface area contributed by atoms with Crippen molar-refractivity contribution >= 4 is 5.97 Å². The van der Waals surface area contributed by atoms with Gasteiger partial charge in [0, 0.05) is 6.61 Å². The molecule has 3 nitrogen and oxygen atoms in total. The average Bonchev–Trinajstić information content (AvgIpc) is 2.37. The zero-order chi connectivity index (χ0) is 14.8. The van der Waals surface area contributed by atoms with Crippen molar-refractivity contribution in [2.75, 3.05) is 6.61 Å². The summed E-state index contributed by atoms with van der Waals surface area (Å²) in [6.45, 7) is 0.434. The number of carboxylic acid groups (broad SMARTS) is 1. The maximum atomic E-state index is 12.5. The minimum absolute atomic E-state index is 0.0513. The van der Waals surface area contributed by atoms with Crippen LogP contribution in [-0.2, 0) is 15.7 Å². The number of alkyl halides is 3. The van der Waals surface area contributed by atoms with Gasteiger partial charge in [0.05, 0.1) is 18.1 Å². The van der Waals surface area contributed by atoms with Gasteiger partial charge in [-0.05, 0) is 36.5 Å². The van der Waals surface area contributed by atoms with E-state index in [-0.39, 0.29) is 18.4 Å². The third kappa shape index (κ3) is 3.72. The fourth-order valence-electron chi connectivity index (χ4n) is 2.46. The zero-order valence-corrected chi connectivity index (χ0v) is 10.7. The molecule has 0 spiro atoms. The van der Waals surface area contributed by atoms with E-state index in [2.05, 4.69) is 0 Å². The number of aliphatic carboxylic acids is 1. The molecule has 1 N–H and O–H groups in total. The minimum Gasteiger partial charge on any atom is -0.481 e. The number of carboxylic acids is 1. The summed E-state index contributed by atoms with van der Waals surface area (Å²) in [5, 5.41) is 8.74. The minimum atomic E-state index is -4.33. The van der Waals surface area contributed by atoms with Crippen LogP contribution in [0.25, 0.3) is 0 Å². The lowest BCUT2D eigenvalue weighted by Gasteiger charge is -2.29. The summed E-state index contributed by atoms with van der Waals surface area (Å²) in [5.41, 5.74) is 0.132. The first-order valence-corrected chi connectivity index (χ1v) is 6.37. The van der Waals surface area contributed by atoms with Crippen LogP contribution >= 0.6 is 0 Å². The van der Waals surface area contributed by atoms with E-state index in [1.54, 1.807) is 0 Å². The van der Waals surface area contributed by atoms with Gasteiger partial charge in [-0.2, -0.15) is 13.2 Å². The van der Waals surface area contributed by atoms with Crippen LogP contribution in [0.1, 0.15) is 36.3 Å². The molecule has 0 radical (unpaired) electrons. The Morgan fingerprint density at radius 1 is 1.30 bits per heavy atom. The Hall–Kier alpha value is -1.56. The molecule has 1 aromatic rings. The molecule has 1 aliphatic heterocycles. The molecular weight excluding hydrogens is 273 g/mol. The van der Waals surface area contributed by atoms with E-state index in [9.17, 15) is 18.0 Å². The van der Waals surface area contributed by atoms with Crippen LogP contribution in [0.5, 0.6) is 0 Å². The van der Waals surface area contributed by atoms with Crippen molar-refractivity contribution in [1.29, 1.82) is 0 Å². The fraction of sp³-hybridized carbons (Fsp3) is 0.500. The molecule has 20 heavy (non-hydrogen) atoms. The molecule has 1 fully saturated rings. The summed E-state index contributed by atoms with van der Waals surface area (Å²) >= 11 is 0. The standard InChI is InChI=1S/C14H15F3O3/c15-14(16,17)11-3-1-9(2-4-11)10-5-6-20-12(7-10)8-13(18)19/h1-4,10,12H,5-8H2,(H,18,19). The van der Waals surface area contributed by atoms with E-state index in [1.807, 2.05) is 0 Å². The lowest BCUT2D eigenvalue weighted by molar-refractivity contribution is -0.141. The Morgan fingerprint density at radius 2 is 1.95 bits per heavy atom. The van der Waals surface area contributed by atoms with Crippen molar-refractivity contribution in [3.8, 4) is 0 Å². The number of hydrogen-bond acceptors (Lipinski definition) is 2.